The first-order valence-corrected chi connectivity index (χ1v) is 7.66. The van der Waals surface area contributed by atoms with Crippen molar-refractivity contribution in [3.8, 4) is 0 Å². The summed E-state index contributed by atoms with van der Waals surface area (Å²) in [7, 11) is 0. The average molecular weight is 307 g/mol. The number of carbonyl (C=O) groups is 2. The van der Waals surface area contributed by atoms with Gasteiger partial charge in [0, 0.05) is 5.75 Å². The Kier molecular flexibility index (Phi) is 7.96. The summed E-state index contributed by atoms with van der Waals surface area (Å²) in [5, 5.41) is 20.9. The minimum absolute atomic E-state index is 0.310. The maximum absolute atomic E-state index is 11.6. The van der Waals surface area contributed by atoms with Gasteiger partial charge in [-0.15, -0.1) is 0 Å². The molecule has 0 spiro atoms. The van der Waals surface area contributed by atoms with E-state index >= 15 is 0 Å². The van der Waals surface area contributed by atoms with Crippen molar-refractivity contribution in [3.63, 3.8) is 0 Å². The Morgan fingerprint density at radius 1 is 1.25 bits per heavy atom. The highest BCUT2D eigenvalue weighted by Crippen LogP contribution is 2.12. The van der Waals surface area contributed by atoms with Crippen molar-refractivity contribution in [1.82, 2.24) is 5.32 Å². The van der Waals surface area contributed by atoms with Crippen LogP contribution in [0.3, 0.4) is 0 Å². The van der Waals surface area contributed by atoms with Gasteiger partial charge in [-0.25, -0.2) is 9.59 Å². The van der Waals surface area contributed by atoms with Crippen molar-refractivity contribution in [2.24, 2.45) is 5.92 Å². The maximum atomic E-state index is 11.6. The second-order valence-electron chi connectivity index (χ2n) is 5.97. The largest absolute Gasteiger partial charge is 0.479 e. The van der Waals surface area contributed by atoms with E-state index in [1.807, 2.05) is 13.8 Å². The molecule has 118 valence electrons. The molecular weight excluding hydrogens is 282 g/mol. The van der Waals surface area contributed by atoms with Crippen LogP contribution in [0.1, 0.15) is 34.6 Å². The summed E-state index contributed by atoms with van der Waals surface area (Å²) in [5.41, 5.74) is -0.673. The van der Waals surface area contributed by atoms with E-state index < -0.39 is 29.8 Å². The van der Waals surface area contributed by atoms with Gasteiger partial charge in [-0.3, -0.25) is 0 Å². The van der Waals surface area contributed by atoms with Gasteiger partial charge in [0.25, 0.3) is 0 Å². The number of carboxylic acids is 1. The minimum Gasteiger partial charge on any atom is -0.479 e. The Bertz CT molecular complexity index is 327. The third-order valence-corrected chi connectivity index (χ3v) is 3.58. The number of nitrogens with one attached hydrogen (secondary N) is 1. The molecule has 0 aliphatic heterocycles. The lowest BCUT2D eigenvalue weighted by Gasteiger charge is -2.25. The maximum Gasteiger partial charge on any atom is 0.408 e. The molecule has 0 aromatic heterocycles. The van der Waals surface area contributed by atoms with Crippen LogP contribution >= 0.6 is 11.8 Å². The van der Waals surface area contributed by atoms with Gasteiger partial charge in [-0.2, -0.15) is 11.8 Å². The van der Waals surface area contributed by atoms with E-state index in [0.29, 0.717) is 11.7 Å². The standard InChI is InChI=1S/C13H25NO5S/c1-8(2)6-20-7-9(10(15)11(16)17)14-12(18)19-13(3,4)5/h8-10,15H,6-7H2,1-5H3,(H,14,18)(H,16,17)/t9-,10?/m1/s1. The number of aliphatic carboxylic acids is 1. The third kappa shape index (κ3) is 9.03. The molecule has 0 saturated heterocycles. The molecule has 3 N–H and O–H groups in total. The second-order valence-corrected chi connectivity index (χ2v) is 7.04. The lowest BCUT2D eigenvalue weighted by atomic mass is 10.2. The smallest absolute Gasteiger partial charge is 0.408 e. The van der Waals surface area contributed by atoms with Crippen LogP contribution in [0, 0.1) is 5.92 Å². The van der Waals surface area contributed by atoms with Gasteiger partial charge in [0.15, 0.2) is 6.10 Å². The fourth-order valence-corrected chi connectivity index (χ4v) is 2.40. The van der Waals surface area contributed by atoms with Gasteiger partial charge in [-0.05, 0) is 32.4 Å². The molecule has 0 aliphatic rings. The SMILES string of the molecule is CC(C)CSC[C@@H](NC(=O)OC(C)(C)C)C(O)C(=O)O. The molecule has 0 saturated carbocycles. The second kappa shape index (κ2) is 8.36. The van der Waals surface area contributed by atoms with E-state index in [1.54, 1.807) is 20.8 Å². The van der Waals surface area contributed by atoms with Crippen LogP contribution in [-0.4, -0.2) is 51.5 Å². The molecule has 0 fully saturated rings. The summed E-state index contributed by atoms with van der Waals surface area (Å²) in [4.78, 5) is 22.5. The summed E-state index contributed by atoms with van der Waals surface area (Å²) in [6.07, 6.45) is -2.38. The van der Waals surface area contributed by atoms with E-state index in [2.05, 4.69) is 5.32 Å². The predicted molar refractivity (Wildman–Crippen MR) is 79.0 cm³/mol. The lowest BCUT2D eigenvalue weighted by molar-refractivity contribution is -0.147. The van der Waals surface area contributed by atoms with E-state index in [0.717, 1.165) is 5.75 Å². The molecular formula is C13H25NO5S. The van der Waals surface area contributed by atoms with Gasteiger partial charge in [0.1, 0.15) is 5.60 Å². The Balaban J connectivity index is 4.52. The normalized spacial score (nSPS) is 14.8. The zero-order chi connectivity index (χ0) is 15.9. The lowest BCUT2D eigenvalue weighted by Crippen LogP contribution is -2.50. The minimum atomic E-state index is -1.65. The van der Waals surface area contributed by atoms with Crippen LogP contribution in [0.15, 0.2) is 0 Å². The number of alkyl carbamates (subject to hydrolysis) is 1. The molecule has 7 heteroatoms. The highest BCUT2D eigenvalue weighted by atomic mass is 32.2. The number of carbonyl (C=O) groups excluding carboxylic acids is 1. The fourth-order valence-electron chi connectivity index (χ4n) is 1.27. The average Bonchev–Trinajstić information content (AvgIpc) is 2.23. The molecule has 0 aromatic carbocycles. The number of amides is 1. The van der Waals surface area contributed by atoms with Crippen molar-refractivity contribution in [2.75, 3.05) is 11.5 Å². The summed E-state index contributed by atoms with van der Waals surface area (Å²) >= 11 is 1.48. The number of aliphatic hydroxyl groups is 1. The van der Waals surface area contributed by atoms with Crippen LogP contribution in [0.4, 0.5) is 4.79 Å². The number of ether oxygens (including phenoxy) is 1. The summed E-state index contributed by atoms with van der Waals surface area (Å²) in [6.45, 7) is 9.21. The zero-order valence-electron chi connectivity index (χ0n) is 12.7. The van der Waals surface area contributed by atoms with Gasteiger partial charge in [0.05, 0.1) is 6.04 Å². The molecule has 6 nitrogen and oxygen atoms in total. The van der Waals surface area contributed by atoms with Crippen molar-refractivity contribution in [3.05, 3.63) is 0 Å². The highest BCUT2D eigenvalue weighted by molar-refractivity contribution is 7.99. The molecule has 0 rings (SSSR count). The molecule has 0 bridgehead atoms. The van der Waals surface area contributed by atoms with Crippen molar-refractivity contribution >= 4 is 23.8 Å². The number of hydrogen-bond acceptors (Lipinski definition) is 5. The molecule has 0 aliphatic carbocycles. The van der Waals surface area contributed by atoms with Crippen LogP contribution in [0.5, 0.6) is 0 Å². The fraction of sp³-hybridized carbons (Fsp3) is 0.846. The molecule has 0 aromatic rings. The molecule has 0 heterocycles. The summed E-state index contributed by atoms with van der Waals surface area (Å²) in [5.74, 6) is 0.212. The van der Waals surface area contributed by atoms with E-state index in [4.69, 9.17) is 9.84 Å². The highest BCUT2D eigenvalue weighted by Gasteiger charge is 2.29. The van der Waals surface area contributed by atoms with Crippen LogP contribution in [0.25, 0.3) is 0 Å². The van der Waals surface area contributed by atoms with Crippen LogP contribution < -0.4 is 5.32 Å². The number of carboxylic acid groups (broad SMARTS) is 1. The van der Waals surface area contributed by atoms with Crippen molar-refractivity contribution < 1.29 is 24.5 Å². The van der Waals surface area contributed by atoms with Crippen molar-refractivity contribution in [1.29, 1.82) is 0 Å². The first-order valence-electron chi connectivity index (χ1n) is 6.51. The van der Waals surface area contributed by atoms with Gasteiger partial charge in [-0.1, -0.05) is 13.8 Å². The van der Waals surface area contributed by atoms with Crippen molar-refractivity contribution in [2.45, 2.75) is 52.4 Å². The summed E-state index contributed by atoms with van der Waals surface area (Å²) < 4.78 is 5.06. The predicted octanol–water partition coefficient (Wildman–Crippen LogP) is 1.71. The van der Waals surface area contributed by atoms with Gasteiger partial charge < -0.3 is 20.3 Å². The number of hydrogen-bond donors (Lipinski definition) is 3. The van der Waals surface area contributed by atoms with Crippen LogP contribution in [0.2, 0.25) is 0 Å². The van der Waals surface area contributed by atoms with Gasteiger partial charge in [0.2, 0.25) is 0 Å². The van der Waals surface area contributed by atoms with E-state index in [1.165, 1.54) is 11.8 Å². The Morgan fingerprint density at radius 3 is 2.20 bits per heavy atom. The quantitative estimate of drug-likeness (QED) is 0.663. The Hall–Kier alpha value is -0.950. The topological polar surface area (TPSA) is 95.9 Å². The first kappa shape index (κ1) is 19.1. The first-order chi connectivity index (χ1) is 9.03. The van der Waals surface area contributed by atoms with E-state index in [9.17, 15) is 14.7 Å². The van der Waals surface area contributed by atoms with Crippen LogP contribution in [-0.2, 0) is 9.53 Å². The third-order valence-electron chi connectivity index (χ3n) is 2.08. The zero-order valence-corrected chi connectivity index (χ0v) is 13.5. The molecule has 1 unspecified atom stereocenters. The van der Waals surface area contributed by atoms with E-state index in [-0.39, 0.29) is 0 Å². The Morgan fingerprint density at radius 2 is 1.80 bits per heavy atom. The number of rotatable bonds is 7. The molecule has 2 atom stereocenters. The summed E-state index contributed by atoms with van der Waals surface area (Å²) in [6, 6.07) is -0.883. The molecule has 1 amide bonds. The Labute approximate surface area is 124 Å². The monoisotopic (exact) mass is 307 g/mol. The molecule has 0 radical (unpaired) electrons. The van der Waals surface area contributed by atoms with Gasteiger partial charge >= 0.3 is 12.1 Å². The molecule has 20 heavy (non-hydrogen) atoms. The number of thioether (sulfide) groups is 1. The number of aliphatic hydroxyl groups excluding tert-OH is 1.